The molecule has 1 atom stereocenters. The smallest absolute Gasteiger partial charge is 0.294 e. The Bertz CT molecular complexity index is 907. The molecular weight excluding hydrogens is 471 g/mol. The highest BCUT2D eigenvalue weighted by Crippen LogP contribution is 2.45. The van der Waals surface area contributed by atoms with Gasteiger partial charge in [0, 0.05) is 31.5 Å². The van der Waals surface area contributed by atoms with Crippen molar-refractivity contribution in [2.75, 3.05) is 26.2 Å². The number of carbonyl (C=O) groups is 1. The van der Waals surface area contributed by atoms with Crippen molar-refractivity contribution in [1.82, 2.24) is 15.2 Å². The van der Waals surface area contributed by atoms with E-state index in [2.05, 4.69) is 15.2 Å². The molecule has 1 saturated heterocycles. The number of β-amino-alcohol motifs (C(OH)–C–C–N with tert-alkyl or cyclic N) is 1. The fourth-order valence-corrected chi connectivity index (χ4v) is 5.87. The van der Waals surface area contributed by atoms with Crippen LogP contribution in [0, 0.1) is 10.1 Å². The van der Waals surface area contributed by atoms with Crippen molar-refractivity contribution in [3.05, 3.63) is 43.5 Å². The minimum atomic E-state index is -0.528. The van der Waals surface area contributed by atoms with Crippen molar-refractivity contribution in [2.45, 2.75) is 34.5 Å². The fraction of sp³-hybridized carbons (Fsp3) is 0.444. The molecule has 0 aliphatic carbocycles. The van der Waals surface area contributed by atoms with Crippen LogP contribution in [0.5, 0.6) is 0 Å². The third-order valence-corrected chi connectivity index (χ3v) is 7.78. The number of nitrogens with one attached hydrogen (secondary N) is 1. The van der Waals surface area contributed by atoms with E-state index in [0.717, 1.165) is 55.5 Å². The molecule has 1 fully saturated rings. The summed E-state index contributed by atoms with van der Waals surface area (Å²) in [5.41, 5.74) is -0.165. The maximum Gasteiger partial charge on any atom is 0.294 e. The summed E-state index contributed by atoms with van der Waals surface area (Å²) in [6, 6.07) is 1.27. The van der Waals surface area contributed by atoms with Gasteiger partial charge in [0.1, 0.15) is 9.09 Å². The van der Waals surface area contributed by atoms with E-state index < -0.39 is 4.92 Å². The molecule has 2 N–H and O–H groups in total. The van der Waals surface area contributed by atoms with Crippen molar-refractivity contribution < 1.29 is 14.8 Å². The molecule has 1 aliphatic rings. The monoisotopic (exact) mass is 490 g/mol. The van der Waals surface area contributed by atoms with Crippen LogP contribution in [0.1, 0.15) is 28.9 Å². The van der Waals surface area contributed by atoms with Gasteiger partial charge in [0.05, 0.1) is 26.0 Å². The Hall–Kier alpha value is -1.43. The number of rotatable bonds is 8. The lowest BCUT2D eigenvalue weighted by molar-refractivity contribution is -0.387. The zero-order chi connectivity index (χ0) is 21.7. The van der Waals surface area contributed by atoms with E-state index in [9.17, 15) is 20.0 Å². The van der Waals surface area contributed by atoms with Gasteiger partial charge in [-0.05, 0) is 32.4 Å². The van der Waals surface area contributed by atoms with Gasteiger partial charge >= 0.3 is 0 Å². The predicted molar refractivity (Wildman–Crippen MR) is 118 cm³/mol. The van der Waals surface area contributed by atoms with Crippen molar-refractivity contribution >= 4 is 57.9 Å². The SMILES string of the molecule is O=C(NCCCN1CCCC(O)C1)c1cc([N+](=O)[O-])c(Sc2c(Cl)cncc2Cl)s1. The number of hydrogen-bond acceptors (Lipinski definition) is 8. The van der Waals surface area contributed by atoms with E-state index in [-0.39, 0.29) is 32.6 Å². The summed E-state index contributed by atoms with van der Waals surface area (Å²) in [6.45, 7) is 2.83. The molecule has 0 aromatic carbocycles. The number of pyridine rings is 1. The van der Waals surface area contributed by atoms with E-state index in [4.69, 9.17) is 23.2 Å². The lowest BCUT2D eigenvalue weighted by atomic mass is 10.1. The van der Waals surface area contributed by atoms with Crippen LogP contribution in [0.3, 0.4) is 0 Å². The highest BCUT2D eigenvalue weighted by molar-refractivity contribution is 8.01. The average Bonchev–Trinajstić information content (AvgIpc) is 3.12. The molecule has 1 aliphatic heterocycles. The number of nitrogens with zero attached hydrogens (tertiary/aromatic N) is 3. The summed E-state index contributed by atoms with van der Waals surface area (Å²) < 4.78 is 0.322. The fourth-order valence-electron chi connectivity index (χ4n) is 3.09. The first-order valence-electron chi connectivity index (χ1n) is 9.29. The zero-order valence-electron chi connectivity index (χ0n) is 15.8. The quantitative estimate of drug-likeness (QED) is 0.325. The summed E-state index contributed by atoms with van der Waals surface area (Å²) >= 11 is 14.3. The van der Waals surface area contributed by atoms with Gasteiger partial charge in [0.2, 0.25) is 0 Å². The molecule has 0 spiro atoms. The van der Waals surface area contributed by atoms with Crippen molar-refractivity contribution in [1.29, 1.82) is 0 Å². The number of amides is 1. The Kier molecular flexibility index (Phi) is 8.32. The van der Waals surface area contributed by atoms with Crippen molar-refractivity contribution in [3.63, 3.8) is 0 Å². The Morgan fingerprint density at radius 2 is 2.17 bits per heavy atom. The summed E-state index contributed by atoms with van der Waals surface area (Å²) in [5.74, 6) is -0.361. The van der Waals surface area contributed by atoms with Gasteiger partial charge in [-0.25, -0.2) is 0 Å². The molecule has 3 rings (SSSR count). The summed E-state index contributed by atoms with van der Waals surface area (Å²) in [6.07, 6.45) is 5.07. The predicted octanol–water partition coefficient (Wildman–Crippen LogP) is 4.09. The van der Waals surface area contributed by atoms with Gasteiger partial charge < -0.3 is 15.3 Å². The lowest BCUT2D eigenvalue weighted by Gasteiger charge is -2.29. The van der Waals surface area contributed by atoms with E-state index in [0.29, 0.717) is 22.2 Å². The topological polar surface area (TPSA) is 109 Å². The van der Waals surface area contributed by atoms with Crippen LogP contribution in [0.15, 0.2) is 27.6 Å². The first kappa shape index (κ1) is 23.2. The first-order valence-corrected chi connectivity index (χ1v) is 11.7. The number of aromatic nitrogens is 1. The molecule has 0 saturated carbocycles. The minimum absolute atomic E-state index is 0.165. The van der Waals surface area contributed by atoms with Gasteiger partial charge in [0.25, 0.3) is 11.6 Å². The van der Waals surface area contributed by atoms with Crippen molar-refractivity contribution in [2.24, 2.45) is 0 Å². The van der Waals surface area contributed by atoms with Crippen LogP contribution >= 0.6 is 46.3 Å². The van der Waals surface area contributed by atoms with Gasteiger partial charge in [-0.3, -0.25) is 19.9 Å². The number of nitro groups is 1. The molecule has 12 heteroatoms. The highest BCUT2D eigenvalue weighted by atomic mass is 35.5. The molecule has 2 aromatic heterocycles. The van der Waals surface area contributed by atoms with Crippen LogP contribution in [0.4, 0.5) is 5.69 Å². The van der Waals surface area contributed by atoms with E-state index >= 15 is 0 Å². The Labute approximate surface area is 191 Å². The molecule has 1 unspecified atom stereocenters. The second kappa shape index (κ2) is 10.7. The summed E-state index contributed by atoms with van der Waals surface area (Å²) in [5, 5.41) is 24.5. The van der Waals surface area contributed by atoms with Gasteiger partial charge in [-0.15, -0.1) is 11.3 Å². The largest absolute Gasteiger partial charge is 0.392 e. The Morgan fingerprint density at radius 3 is 2.83 bits per heavy atom. The summed E-state index contributed by atoms with van der Waals surface area (Å²) in [4.78, 5) is 30.1. The van der Waals surface area contributed by atoms with Gasteiger partial charge in [-0.1, -0.05) is 35.0 Å². The maximum absolute atomic E-state index is 12.5. The molecule has 162 valence electrons. The molecule has 0 radical (unpaired) electrons. The third kappa shape index (κ3) is 6.05. The van der Waals surface area contributed by atoms with Crippen LogP contribution in [0.25, 0.3) is 0 Å². The number of carbonyl (C=O) groups excluding carboxylic acids is 1. The average molecular weight is 491 g/mol. The molecule has 1 amide bonds. The highest BCUT2D eigenvalue weighted by Gasteiger charge is 2.25. The van der Waals surface area contributed by atoms with Gasteiger partial charge in [-0.2, -0.15) is 0 Å². The molecule has 0 bridgehead atoms. The third-order valence-electron chi connectivity index (χ3n) is 4.52. The second-order valence-electron chi connectivity index (χ2n) is 6.78. The normalized spacial score (nSPS) is 17.1. The number of thiophene rings is 1. The van der Waals surface area contributed by atoms with E-state index in [1.807, 2.05) is 0 Å². The van der Waals surface area contributed by atoms with Crippen LogP contribution in [-0.2, 0) is 0 Å². The Morgan fingerprint density at radius 1 is 1.43 bits per heavy atom. The molecule has 8 nitrogen and oxygen atoms in total. The van der Waals surface area contributed by atoms with E-state index in [1.54, 1.807) is 0 Å². The minimum Gasteiger partial charge on any atom is -0.392 e. The number of likely N-dealkylation sites (tertiary alicyclic amines) is 1. The lowest BCUT2D eigenvalue weighted by Crippen LogP contribution is -2.39. The number of piperidine rings is 1. The van der Waals surface area contributed by atoms with Crippen LogP contribution in [0.2, 0.25) is 10.0 Å². The second-order valence-corrected chi connectivity index (χ2v) is 9.93. The molecular formula is C18H20Cl2N4O4S2. The van der Waals surface area contributed by atoms with Crippen molar-refractivity contribution in [3.8, 4) is 0 Å². The molecule has 30 heavy (non-hydrogen) atoms. The first-order chi connectivity index (χ1) is 14.3. The van der Waals surface area contributed by atoms with Crippen LogP contribution in [-0.4, -0.2) is 58.1 Å². The number of hydrogen-bond donors (Lipinski definition) is 2. The maximum atomic E-state index is 12.5. The van der Waals surface area contributed by atoms with Gasteiger partial charge in [0.15, 0.2) is 0 Å². The Balaban J connectivity index is 1.61. The molecule has 2 aromatic rings. The van der Waals surface area contributed by atoms with E-state index in [1.165, 1.54) is 18.5 Å². The number of halogens is 2. The van der Waals surface area contributed by atoms with Crippen LogP contribution < -0.4 is 5.32 Å². The molecule has 3 heterocycles. The number of aliphatic hydroxyl groups is 1. The zero-order valence-corrected chi connectivity index (χ0v) is 19.0. The number of aliphatic hydroxyl groups excluding tert-OH is 1. The standard InChI is InChI=1S/C18H20Cl2N4O4S2/c19-12-8-21-9-13(20)16(12)30-18-14(24(27)28)7-15(29-18)17(26)22-4-2-6-23-5-1-3-11(25)10-23/h7-9,11,25H,1-6,10H2,(H,22,26). The summed E-state index contributed by atoms with van der Waals surface area (Å²) in [7, 11) is 0.